The van der Waals surface area contributed by atoms with Crippen LogP contribution >= 0.6 is 0 Å². The molecule has 0 aliphatic rings. The minimum Gasteiger partial charge on any atom is -0.266 e. The van der Waals surface area contributed by atoms with Crippen LogP contribution in [-0.4, -0.2) is 21.9 Å². The molecule has 5 heteroatoms. The van der Waals surface area contributed by atoms with Crippen LogP contribution in [0.2, 0.25) is 0 Å². The van der Waals surface area contributed by atoms with E-state index >= 15 is 0 Å². The molecule has 20 heavy (non-hydrogen) atoms. The molecular weight excluding hydrogens is 252 g/mol. The van der Waals surface area contributed by atoms with Crippen molar-refractivity contribution in [1.29, 1.82) is 0 Å². The number of hydrogen-bond acceptors (Lipinski definition) is 3. The van der Waals surface area contributed by atoms with Crippen LogP contribution in [0.25, 0.3) is 0 Å². The summed E-state index contributed by atoms with van der Waals surface area (Å²) in [6, 6.07) is 9.73. The fourth-order valence-corrected chi connectivity index (χ4v) is 1.79. The van der Waals surface area contributed by atoms with Gasteiger partial charge in [0.2, 0.25) is 0 Å². The zero-order valence-corrected chi connectivity index (χ0v) is 11.9. The first kappa shape index (κ1) is 14.0. The van der Waals surface area contributed by atoms with Gasteiger partial charge in [-0.15, -0.1) is 0 Å². The van der Waals surface area contributed by atoms with Crippen molar-refractivity contribution >= 4 is 12.1 Å². The number of aryl methyl sites for hydroxylation is 1. The van der Waals surface area contributed by atoms with E-state index in [1.165, 1.54) is 10.2 Å². The Bertz CT molecular complexity index is 611. The van der Waals surface area contributed by atoms with E-state index in [9.17, 15) is 4.79 Å². The van der Waals surface area contributed by atoms with Crippen molar-refractivity contribution in [3.8, 4) is 0 Å². The Morgan fingerprint density at radius 3 is 2.55 bits per heavy atom. The molecular formula is C15H18N4O. The molecule has 0 radical (unpaired) electrons. The molecule has 2 aromatic rings. The summed E-state index contributed by atoms with van der Waals surface area (Å²) in [6.45, 7) is 4.30. The van der Waals surface area contributed by atoms with Crippen molar-refractivity contribution in [3.63, 3.8) is 0 Å². The number of aromatic nitrogens is 2. The molecule has 1 aromatic heterocycles. The molecule has 0 atom stereocenters. The predicted molar refractivity (Wildman–Crippen MR) is 78.8 cm³/mol. The van der Waals surface area contributed by atoms with E-state index in [1.54, 1.807) is 25.5 Å². The monoisotopic (exact) mass is 270 g/mol. The van der Waals surface area contributed by atoms with Gasteiger partial charge in [0, 0.05) is 13.2 Å². The molecule has 1 amide bonds. The first-order valence-corrected chi connectivity index (χ1v) is 6.49. The van der Waals surface area contributed by atoms with E-state index in [1.807, 2.05) is 12.1 Å². The number of hydrogen-bond donors (Lipinski definition) is 1. The van der Waals surface area contributed by atoms with Gasteiger partial charge >= 0.3 is 0 Å². The molecule has 0 aliphatic carbocycles. The minimum absolute atomic E-state index is 0.278. The van der Waals surface area contributed by atoms with Gasteiger partial charge in [-0.05, 0) is 23.1 Å². The van der Waals surface area contributed by atoms with Crippen molar-refractivity contribution in [1.82, 2.24) is 15.2 Å². The van der Waals surface area contributed by atoms with Crippen molar-refractivity contribution in [2.45, 2.75) is 19.8 Å². The zero-order valence-electron chi connectivity index (χ0n) is 11.9. The third-order valence-corrected chi connectivity index (χ3v) is 3.04. The van der Waals surface area contributed by atoms with E-state index in [4.69, 9.17) is 0 Å². The molecule has 0 aliphatic heterocycles. The maximum Gasteiger partial charge on any atom is 0.289 e. The highest BCUT2D eigenvalue weighted by atomic mass is 16.2. The molecule has 0 bridgehead atoms. The summed E-state index contributed by atoms with van der Waals surface area (Å²) in [4.78, 5) is 11.8. The lowest BCUT2D eigenvalue weighted by atomic mass is 10.0. The Balaban J connectivity index is 1.96. The smallest absolute Gasteiger partial charge is 0.266 e. The Morgan fingerprint density at radius 2 is 2.00 bits per heavy atom. The largest absolute Gasteiger partial charge is 0.289 e. The normalized spacial score (nSPS) is 11.2. The van der Waals surface area contributed by atoms with Gasteiger partial charge in [0.25, 0.3) is 5.91 Å². The zero-order chi connectivity index (χ0) is 14.5. The van der Waals surface area contributed by atoms with E-state index in [-0.39, 0.29) is 5.91 Å². The van der Waals surface area contributed by atoms with Gasteiger partial charge in [-0.1, -0.05) is 38.1 Å². The Labute approximate surface area is 118 Å². The van der Waals surface area contributed by atoms with Crippen LogP contribution in [0.4, 0.5) is 0 Å². The summed E-state index contributed by atoms with van der Waals surface area (Å²) < 4.78 is 1.50. The molecule has 0 saturated carbocycles. The van der Waals surface area contributed by atoms with Gasteiger partial charge < -0.3 is 0 Å². The molecule has 0 saturated heterocycles. The second-order valence-corrected chi connectivity index (χ2v) is 4.86. The molecule has 104 valence electrons. The number of amides is 1. The lowest BCUT2D eigenvalue weighted by Gasteiger charge is -2.04. The number of nitrogens with zero attached hydrogens (tertiary/aromatic N) is 3. The van der Waals surface area contributed by atoms with E-state index in [2.05, 4.69) is 41.6 Å². The first-order chi connectivity index (χ1) is 9.58. The molecule has 0 unspecified atom stereocenters. The minimum atomic E-state index is -0.278. The second-order valence-electron chi connectivity index (χ2n) is 4.86. The topological polar surface area (TPSA) is 59.3 Å². The maximum atomic E-state index is 11.8. The van der Waals surface area contributed by atoms with Gasteiger partial charge in [0.1, 0.15) is 5.69 Å². The third-order valence-electron chi connectivity index (χ3n) is 3.04. The molecule has 1 heterocycles. The molecule has 5 nitrogen and oxygen atoms in total. The third kappa shape index (κ3) is 3.32. The highest BCUT2D eigenvalue weighted by Crippen LogP contribution is 2.13. The summed E-state index contributed by atoms with van der Waals surface area (Å²) in [5.41, 5.74) is 5.17. The summed E-state index contributed by atoms with van der Waals surface area (Å²) in [7, 11) is 1.71. The highest BCUT2D eigenvalue weighted by molar-refractivity contribution is 5.93. The van der Waals surface area contributed by atoms with Crippen LogP contribution in [0.3, 0.4) is 0 Å². The van der Waals surface area contributed by atoms with Crippen LogP contribution in [0, 0.1) is 0 Å². The molecule has 0 fully saturated rings. The Kier molecular flexibility index (Phi) is 4.30. The molecule has 2 rings (SSSR count). The van der Waals surface area contributed by atoms with Crippen LogP contribution in [0.15, 0.2) is 41.6 Å². The maximum absolute atomic E-state index is 11.8. The predicted octanol–water partition coefficient (Wildman–Crippen LogP) is 2.31. The standard InChI is InChI=1S/C15H18N4O/c1-11(2)13-6-4-12(5-7-13)10-16-18-15(20)14-8-9-17-19(14)3/h4-11H,1-3H3,(H,18,20)/b16-10+. The molecule has 1 aromatic carbocycles. The van der Waals surface area contributed by atoms with E-state index in [0.29, 0.717) is 11.6 Å². The Morgan fingerprint density at radius 1 is 1.30 bits per heavy atom. The van der Waals surface area contributed by atoms with Gasteiger partial charge in [-0.25, -0.2) is 5.43 Å². The quantitative estimate of drug-likeness (QED) is 0.684. The lowest BCUT2D eigenvalue weighted by molar-refractivity contribution is 0.0945. The van der Waals surface area contributed by atoms with Gasteiger partial charge in [0.15, 0.2) is 0 Å². The number of rotatable bonds is 4. The van der Waals surface area contributed by atoms with Crippen molar-refractivity contribution in [3.05, 3.63) is 53.3 Å². The Hall–Kier alpha value is -2.43. The summed E-state index contributed by atoms with van der Waals surface area (Å²) in [6.07, 6.45) is 3.20. The number of carbonyl (C=O) groups is 1. The molecule has 1 N–H and O–H groups in total. The van der Waals surface area contributed by atoms with Gasteiger partial charge in [0.05, 0.1) is 6.21 Å². The number of hydrazone groups is 1. The van der Waals surface area contributed by atoms with E-state index < -0.39 is 0 Å². The summed E-state index contributed by atoms with van der Waals surface area (Å²) in [5.74, 6) is 0.227. The average Bonchev–Trinajstić information content (AvgIpc) is 2.85. The fourth-order valence-electron chi connectivity index (χ4n) is 1.79. The number of benzene rings is 1. The van der Waals surface area contributed by atoms with Crippen molar-refractivity contribution in [2.24, 2.45) is 12.1 Å². The summed E-state index contributed by atoms with van der Waals surface area (Å²) >= 11 is 0. The van der Waals surface area contributed by atoms with Crippen molar-refractivity contribution < 1.29 is 4.79 Å². The fraction of sp³-hybridized carbons (Fsp3) is 0.267. The van der Waals surface area contributed by atoms with Crippen LogP contribution in [0.5, 0.6) is 0 Å². The van der Waals surface area contributed by atoms with E-state index in [0.717, 1.165) is 5.56 Å². The average molecular weight is 270 g/mol. The van der Waals surface area contributed by atoms with Crippen molar-refractivity contribution in [2.75, 3.05) is 0 Å². The van der Waals surface area contributed by atoms with Crippen LogP contribution in [-0.2, 0) is 7.05 Å². The van der Waals surface area contributed by atoms with Crippen LogP contribution in [0.1, 0.15) is 41.4 Å². The van der Waals surface area contributed by atoms with Crippen LogP contribution < -0.4 is 5.43 Å². The SMILES string of the molecule is CC(C)c1ccc(/C=N/NC(=O)c2ccnn2C)cc1. The number of nitrogens with one attached hydrogen (secondary N) is 1. The second kappa shape index (κ2) is 6.14. The van der Waals surface area contributed by atoms with Gasteiger partial charge in [-0.2, -0.15) is 10.2 Å². The summed E-state index contributed by atoms with van der Waals surface area (Å²) in [5, 5.41) is 7.88. The first-order valence-electron chi connectivity index (χ1n) is 6.49. The highest BCUT2D eigenvalue weighted by Gasteiger charge is 2.07. The molecule has 0 spiro atoms. The lowest BCUT2D eigenvalue weighted by Crippen LogP contribution is -2.20. The van der Waals surface area contributed by atoms with Gasteiger partial charge in [-0.3, -0.25) is 9.48 Å². The number of carbonyl (C=O) groups excluding carboxylic acids is 1.